The van der Waals surface area contributed by atoms with Gasteiger partial charge in [-0.15, -0.1) is 0 Å². The zero-order valence-corrected chi connectivity index (χ0v) is 11.5. The van der Waals surface area contributed by atoms with E-state index in [2.05, 4.69) is 16.7 Å². The molecule has 2 aromatic carbocycles. The molecule has 102 valence electrons. The molecule has 0 aliphatic carbocycles. The van der Waals surface area contributed by atoms with Crippen LogP contribution in [-0.4, -0.2) is 5.91 Å². The normalized spacial score (nSPS) is 18.4. The minimum atomic E-state index is -0.239. The van der Waals surface area contributed by atoms with Crippen LogP contribution < -0.4 is 10.6 Å². The molecule has 2 N–H and O–H groups in total. The molecule has 2 aromatic rings. The van der Waals surface area contributed by atoms with Crippen molar-refractivity contribution in [3.05, 3.63) is 71.3 Å². The Morgan fingerprint density at radius 3 is 2.65 bits per heavy atom. The van der Waals surface area contributed by atoms with Crippen molar-refractivity contribution in [3.8, 4) is 0 Å². The lowest BCUT2D eigenvalue weighted by Crippen LogP contribution is -2.35. The van der Waals surface area contributed by atoms with Gasteiger partial charge in [-0.3, -0.25) is 10.1 Å². The largest absolute Gasteiger partial charge is 0.348 e. The van der Waals surface area contributed by atoms with E-state index in [9.17, 15) is 4.79 Å². The highest BCUT2D eigenvalue weighted by Crippen LogP contribution is 2.25. The van der Waals surface area contributed by atoms with Crippen LogP contribution in [0, 0.1) is 0 Å². The van der Waals surface area contributed by atoms with Crippen LogP contribution in [0.25, 0.3) is 0 Å². The topological polar surface area (TPSA) is 41.1 Å². The predicted molar refractivity (Wildman–Crippen MR) is 79.0 cm³/mol. The highest BCUT2D eigenvalue weighted by molar-refractivity contribution is 5.84. The summed E-state index contributed by atoms with van der Waals surface area (Å²) in [6, 6.07) is 17.9. The fourth-order valence-corrected chi connectivity index (χ4v) is 2.65. The summed E-state index contributed by atoms with van der Waals surface area (Å²) in [5, 5.41) is 6.34. The summed E-state index contributed by atoms with van der Waals surface area (Å²) in [7, 11) is 0. The predicted octanol–water partition coefficient (Wildman–Crippen LogP) is 2.71. The maximum absolute atomic E-state index is 12.4. The number of carbonyl (C=O) groups is 1. The maximum Gasteiger partial charge on any atom is 0.242 e. The molecular weight excluding hydrogens is 248 g/mol. The van der Waals surface area contributed by atoms with Gasteiger partial charge in [0.25, 0.3) is 0 Å². The number of hydrogen-bond donors (Lipinski definition) is 2. The Bertz CT molecular complexity index is 609. The van der Waals surface area contributed by atoms with Gasteiger partial charge in [0.15, 0.2) is 0 Å². The first-order chi connectivity index (χ1) is 9.75. The molecule has 1 heterocycles. The van der Waals surface area contributed by atoms with Crippen LogP contribution in [-0.2, 0) is 11.3 Å². The average Bonchev–Trinajstić information content (AvgIpc) is 2.92. The Morgan fingerprint density at radius 2 is 1.85 bits per heavy atom. The summed E-state index contributed by atoms with van der Waals surface area (Å²) in [5.41, 5.74) is 3.41. The standard InChI is InChI=1S/C17H18N2O/c1-12(13-7-3-2-4-8-13)19-17(20)16-15-10-6-5-9-14(15)11-18-16/h2-10,12,16,18H,11H2,1H3,(H,19,20). The van der Waals surface area contributed by atoms with Gasteiger partial charge in [0.1, 0.15) is 6.04 Å². The number of carbonyl (C=O) groups excluding carboxylic acids is 1. The third-order valence-corrected chi connectivity index (χ3v) is 3.78. The van der Waals surface area contributed by atoms with E-state index < -0.39 is 0 Å². The van der Waals surface area contributed by atoms with Gasteiger partial charge >= 0.3 is 0 Å². The zero-order valence-electron chi connectivity index (χ0n) is 11.5. The van der Waals surface area contributed by atoms with Crippen molar-refractivity contribution in [1.29, 1.82) is 0 Å². The van der Waals surface area contributed by atoms with Gasteiger partial charge in [0, 0.05) is 6.54 Å². The lowest BCUT2D eigenvalue weighted by atomic mass is 10.0. The first-order valence-corrected chi connectivity index (χ1v) is 6.92. The van der Waals surface area contributed by atoms with E-state index in [-0.39, 0.29) is 18.0 Å². The van der Waals surface area contributed by atoms with E-state index in [1.165, 1.54) is 5.56 Å². The second-order valence-corrected chi connectivity index (χ2v) is 5.15. The van der Waals surface area contributed by atoms with Crippen LogP contribution in [0.3, 0.4) is 0 Å². The van der Waals surface area contributed by atoms with E-state index in [1.807, 2.05) is 55.5 Å². The molecule has 2 unspecified atom stereocenters. The smallest absolute Gasteiger partial charge is 0.242 e. The van der Waals surface area contributed by atoms with Crippen molar-refractivity contribution in [3.63, 3.8) is 0 Å². The molecule has 0 radical (unpaired) electrons. The first-order valence-electron chi connectivity index (χ1n) is 6.92. The van der Waals surface area contributed by atoms with Crippen molar-refractivity contribution in [2.24, 2.45) is 0 Å². The molecule has 3 nitrogen and oxygen atoms in total. The van der Waals surface area contributed by atoms with Crippen molar-refractivity contribution in [1.82, 2.24) is 10.6 Å². The van der Waals surface area contributed by atoms with Crippen LogP contribution >= 0.6 is 0 Å². The molecule has 0 saturated carbocycles. The molecule has 0 fully saturated rings. The molecule has 2 atom stereocenters. The number of amides is 1. The van der Waals surface area contributed by atoms with Gasteiger partial charge in [0.05, 0.1) is 6.04 Å². The molecule has 0 saturated heterocycles. The molecule has 3 heteroatoms. The molecule has 0 spiro atoms. The van der Waals surface area contributed by atoms with Gasteiger partial charge in [-0.2, -0.15) is 0 Å². The number of fused-ring (bicyclic) bond motifs is 1. The minimum absolute atomic E-state index is 0.0123. The number of benzene rings is 2. The van der Waals surface area contributed by atoms with E-state index in [0.29, 0.717) is 0 Å². The molecule has 0 aromatic heterocycles. The number of hydrogen-bond acceptors (Lipinski definition) is 2. The zero-order chi connectivity index (χ0) is 13.9. The summed E-state index contributed by atoms with van der Waals surface area (Å²) in [4.78, 5) is 12.4. The molecule has 0 bridgehead atoms. The fourth-order valence-electron chi connectivity index (χ4n) is 2.65. The molecule has 1 aliphatic heterocycles. The summed E-state index contributed by atoms with van der Waals surface area (Å²) in [6.45, 7) is 2.77. The molecule has 3 rings (SSSR count). The van der Waals surface area contributed by atoms with Crippen molar-refractivity contribution in [2.75, 3.05) is 0 Å². The highest BCUT2D eigenvalue weighted by Gasteiger charge is 2.28. The second-order valence-electron chi connectivity index (χ2n) is 5.15. The van der Waals surface area contributed by atoms with E-state index >= 15 is 0 Å². The summed E-state index contributed by atoms with van der Waals surface area (Å²) >= 11 is 0. The number of nitrogens with one attached hydrogen (secondary N) is 2. The average molecular weight is 266 g/mol. The van der Waals surface area contributed by atoms with Crippen molar-refractivity contribution >= 4 is 5.91 Å². The van der Waals surface area contributed by atoms with Crippen LogP contribution in [0.2, 0.25) is 0 Å². The quantitative estimate of drug-likeness (QED) is 0.897. The fraction of sp³-hybridized carbons (Fsp3) is 0.235. The summed E-state index contributed by atoms with van der Waals surface area (Å²) < 4.78 is 0. The second kappa shape index (κ2) is 5.47. The first kappa shape index (κ1) is 12.9. The monoisotopic (exact) mass is 266 g/mol. The Hall–Kier alpha value is -2.13. The van der Waals surface area contributed by atoms with Gasteiger partial charge in [-0.25, -0.2) is 0 Å². The Kier molecular flexibility index (Phi) is 3.52. The Labute approximate surface area is 119 Å². The van der Waals surface area contributed by atoms with Crippen LogP contribution in [0.1, 0.15) is 35.7 Å². The van der Waals surface area contributed by atoms with E-state index in [0.717, 1.165) is 17.7 Å². The lowest BCUT2D eigenvalue weighted by molar-refractivity contribution is -0.123. The van der Waals surface area contributed by atoms with E-state index in [4.69, 9.17) is 0 Å². The van der Waals surface area contributed by atoms with E-state index in [1.54, 1.807) is 0 Å². The molecule has 1 aliphatic rings. The Balaban J connectivity index is 1.72. The van der Waals surface area contributed by atoms with Crippen LogP contribution in [0.15, 0.2) is 54.6 Å². The van der Waals surface area contributed by atoms with Gasteiger partial charge < -0.3 is 5.32 Å². The third kappa shape index (κ3) is 2.45. The molecule has 1 amide bonds. The minimum Gasteiger partial charge on any atom is -0.348 e. The lowest BCUT2D eigenvalue weighted by Gasteiger charge is -2.18. The molecular formula is C17H18N2O. The highest BCUT2D eigenvalue weighted by atomic mass is 16.2. The van der Waals surface area contributed by atoms with Crippen molar-refractivity contribution in [2.45, 2.75) is 25.6 Å². The van der Waals surface area contributed by atoms with Crippen LogP contribution in [0.5, 0.6) is 0 Å². The van der Waals surface area contributed by atoms with Crippen LogP contribution in [0.4, 0.5) is 0 Å². The number of rotatable bonds is 3. The maximum atomic E-state index is 12.4. The van der Waals surface area contributed by atoms with Crippen molar-refractivity contribution < 1.29 is 4.79 Å². The Morgan fingerprint density at radius 1 is 1.15 bits per heavy atom. The van der Waals surface area contributed by atoms with Gasteiger partial charge in [-0.05, 0) is 23.6 Å². The molecule has 20 heavy (non-hydrogen) atoms. The third-order valence-electron chi connectivity index (χ3n) is 3.78. The van der Waals surface area contributed by atoms with Gasteiger partial charge in [0.2, 0.25) is 5.91 Å². The SMILES string of the molecule is CC(NC(=O)C1NCc2ccccc21)c1ccccc1. The summed E-state index contributed by atoms with van der Waals surface area (Å²) in [6.07, 6.45) is 0. The van der Waals surface area contributed by atoms with Gasteiger partial charge in [-0.1, -0.05) is 54.6 Å². The summed E-state index contributed by atoms with van der Waals surface area (Å²) in [5.74, 6) is 0.0336.